The third-order valence-electron chi connectivity index (χ3n) is 4.88. The largest absolute Gasteiger partial charge is 0.354 e. The number of hydrogen-bond donors (Lipinski definition) is 0. The molecule has 28 heavy (non-hydrogen) atoms. The highest BCUT2D eigenvalue weighted by atomic mass is 32.1. The minimum atomic E-state index is 0.772. The lowest BCUT2D eigenvalue weighted by Crippen LogP contribution is -2.46. The van der Waals surface area contributed by atoms with Crippen molar-refractivity contribution in [1.29, 1.82) is 0 Å². The van der Waals surface area contributed by atoms with Gasteiger partial charge in [-0.05, 0) is 6.92 Å². The van der Waals surface area contributed by atoms with Crippen molar-refractivity contribution >= 4 is 23.1 Å². The highest BCUT2D eigenvalue weighted by Gasteiger charge is 2.20. The first kappa shape index (κ1) is 18.8. The topological polar surface area (TPSA) is 48.4 Å². The fourth-order valence-corrected chi connectivity index (χ4v) is 4.17. The number of rotatable bonds is 5. The molecule has 0 aliphatic carbocycles. The summed E-state index contributed by atoms with van der Waals surface area (Å²) < 4.78 is 0. The van der Waals surface area contributed by atoms with E-state index in [0.29, 0.717) is 0 Å². The van der Waals surface area contributed by atoms with Crippen LogP contribution in [0.25, 0.3) is 10.6 Å². The molecule has 1 aliphatic heterocycles. The van der Waals surface area contributed by atoms with Crippen LogP contribution in [0.4, 0.5) is 11.8 Å². The molecule has 7 heteroatoms. The second-order valence-electron chi connectivity index (χ2n) is 7.34. The highest BCUT2D eigenvalue weighted by Crippen LogP contribution is 2.24. The van der Waals surface area contributed by atoms with Gasteiger partial charge in [-0.2, -0.15) is 4.98 Å². The van der Waals surface area contributed by atoms with E-state index in [1.54, 1.807) is 11.3 Å². The Labute approximate surface area is 170 Å². The van der Waals surface area contributed by atoms with Crippen LogP contribution in [0, 0.1) is 6.92 Å². The predicted molar refractivity (Wildman–Crippen MR) is 116 cm³/mol. The Morgan fingerprint density at radius 2 is 1.75 bits per heavy atom. The van der Waals surface area contributed by atoms with Gasteiger partial charge in [-0.15, -0.1) is 11.3 Å². The Balaban J connectivity index is 1.37. The van der Waals surface area contributed by atoms with Gasteiger partial charge in [0.05, 0.1) is 5.69 Å². The number of thiazole rings is 1. The average molecular weight is 395 g/mol. The lowest BCUT2D eigenvalue weighted by molar-refractivity contribution is 0.247. The SMILES string of the molecule is Cc1cc(N2CCN(Cc3csc(-c4ccccc4)n3)CC2)nc(N(C)C)n1. The van der Waals surface area contributed by atoms with Crippen molar-refractivity contribution in [1.82, 2.24) is 19.9 Å². The van der Waals surface area contributed by atoms with Gasteiger partial charge >= 0.3 is 0 Å². The molecule has 1 aromatic carbocycles. The lowest BCUT2D eigenvalue weighted by atomic mass is 10.2. The molecule has 6 nitrogen and oxygen atoms in total. The Bertz CT molecular complexity index is 916. The summed E-state index contributed by atoms with van der Waals surface area (Å²) >= 11 is 1.72. The van der Waals surface area contributed by atoms with Crippen LogP contribution in [0.15, 0.2) is 41.8 Å². The Hall–Kier alpha value is -2.51. The zero-order chi connectivity index (χ0) is 19.5. The van der Waals surface area contributed by atoms with Crippen LogP contribution >= 0.6 is 11.3 Å². The van der Waals surface area contributed by atoms with Crippen molar-refractivity contribution in [2.24, 2.45) is 0 Å². The quantitative estimate of drug-likeness (QED) is 0.662. The fraction of sp³-hybridized carbons (Fsp3) is 0.381. The van der Waals surface area contributed by atoms with Crippen LogP contribution in [0.5, 0.6) is 0 Å². The summed E-state index contributed by atoms with van der Waals surface area (Å²) in [6, 6.07) is 12.5. The van der Waals surface area contributed by atoms with E-state index in [2.05, 4.69) is 50.5 Å². The molecule has 4 rings (SSSR count). The van der Waals surface area contributed by atoms with E-state index in [0.717, 1.165) is 60.9 Å². The molecule has 146 valence electrons. The lowest BCUT2D eigenvalue weighted by Gasteiger charge is -2.35. The van der Waals surface area contributed by atoms with Crippen molar-refractivity contribution in [3.63, 3.8) is 0 Å². The summed E-state index contributed by atoms with van der Waals surface area (Å²) in [5, 5.41) is 3.29. The minimum Gasteiger partial charge on any atom is -0.354 e. The highest BCUT2D eigenvalue weighted by molar-refractivity contribution is 7.13. The third kappa shape index (κ3) is 4.31. The van der Waals surface area contributed by atoms with Crippen molar-refractivity contribution in [3.8, 4) is 10.6 Å². The van der Waals surface area contributed by atoms with E-state index < -0.39 is 0 Å². The normalized spacial score (nSPS) is 15.0. The Morgan fingerprint density at radius 1 is 1.00 bits per heavy atom. The maximum absolute atomic E-state index is 4.83. The molecule has 3 heterocycles. The van der Waals surface area contributed by atoms with Crippen LogP contribution in [0.3, 0.4) is 0 Å². The maximum Gasteiger partial charge on any atom is 0.226 e. The van der Waals surface area contributed by atoms with Crippen LogP contribution in [-0.2, 0) is 6.54 Å². The summed E-state index contributed by atoms with van der Waals surface area (Å²) in [7, 11) is 3.96. The number of anilines is 2. The van der Waals surface area contributed by atoms with Gasteiger partial charge in [0, 0.05) is 69.5 Å². The number of aryl methyl sites for hydroxylation is 1. The van der Waals surface area contributed by atoms with E-state index >= 15 is 0 Å². The zero-order valence-electron chi connectivity index (χ0n) is 16.7. The molecule has 0 spiro atoms. The zero-order valence-corrected chi connectivity index (χ0v) is 17.5. The Kier molecular flexibility index (Phi) is 5.54. The van der Waals surface area contributed by atoms with Crippen LogP contribution in [0.1, 0.15) is 11.4 Å². The second-order valence-corrected chi connectivity index (χ2v) is 8.19. The van der Waals surface area contributed by atoms with Gasteiger partial charge in [0.2, 0.25) is 5.95 Å². The summed E-state index contributed by atoms with van der Waals surface area (Å²) in [5.41, 5.74) is 3.36. The molecular formula is C21H26N6S. The predicted octanol–water partition coefficient (Wildman–Crippen LogP) is 3.30. The van der Waals surface area contributed by atoms with E-state index in [-0.39, 0.29) is 0 Å². The molecule has 0 atom stereocenters. The van der Waals surface area contributed by atoms with Crippen molar-refractivity contribution in [2.45, 2.75) is 13.5 Å². The molecule has 3 aromatic rings. The molecule has 0 unspecified atom stereocenters. The van der Waals surface area contributed by atoms with Crippen molar-refractivity contribution in [2.75, 3.05) is 50.1 Å². The van der Waals surface area contributed by atoms with Crippen molar-refractivity contribution < 1.29 is 0 Å². The van der Waals surface area contributed by atoms with Gasteiger partial charge < -0.3 is 9.80 Å². The molecule has 0 amide bonds. The molecule has 0 radical (unpaired) electrons. The summed E-state index contributed by atoms with van der Waals surface area (Å²) in [6.45, 7) is 6.90. The molecule has 1 aliphatic rings. The van der Waals surface area contributed by atoms with Gasteiger partial charge in [-0.1, -0.05) is 30.3 Å². The molecular weight excluding hydrogens is 368 g/mol. The van der Waals surface area contributed by atoms with E-state index in [1.807, 2.05) is 32.0 Å². The average Bonchev–Trinajstić information content (AvgIpc) is 3.17. The monoisotopic (exact) mass is 394 g/mol. The first-order chi connectivity index (χ1) is 13.6. The van der Waals surface area contributed by atoms with Crippen LogP contribution in [-0.4, -0.2) is 60.1 Å². The summed E-state index contributed by atoms with van der Waals surface area (Å²) in [5.74, 6) is 1.80. The molecule has 2 aromatic heterocycles. The molecule has 1 saturated heterocycles. The standard InChI is InChI=1S/C21H26N6S/c1-16-13-19(24-21(22-16)25(2)3)27-11-9-26(10-12-27)14-18-15-28-20(23-18)17-7-5-4-6-8-17/h4-8,13,15H,9-12,14H2,1-3H3. The maximum atomic E-state index is 4.83. The second kappa shape index (κ2) is 8.24. The van der Waals surface area contributed by atoms with E-state index in [1.165, 1.54) is 5.56 Å². The summed E-state index contributed by atoms with van der Waals surface area (Å²) in [4.78, 5) is 20.8. The Morgan fingerprint density at radius 3 is 2.46 bits per heavy atom. The smallest absolute Gasteiger partial charge is 0.226 e. The summed E-state index contributed by atoms with van der Waals surface area (Å²) in [6.07, 6.45) is 0. The van der Waals surface area contributed by atoms with Gasteiger partial charge in [-0.25, -0.2) is 9.97 Å². The first-order valence-electron chi connectivity index (χ1n) is 9.58. The number of nitrogens with zero attached hydrogens (tertiary/aromatic N) is 6. The number of aromatic nitrogens is 3. The number of hydrogen-bond acceptors (Lipinski definition) is 7. The van der Waals surface area contributed by atoms with E-state index in [9.17, 15) is 0 Å². The molecule has 0 saturated carbocycles. The van der Waals surface area contributed by atoms with E-state index in [4.69, 9.17) is 9.97 Å². The van der Waals surface area contributed by atoms with Crippen LogP contribution in [0.2, 0.25) is 0 Å². The molecule has 0 bridgehead atoms. The number of benzene rings is 1. The molecule has 0 N–H and O–H groups in total. The molecule has 1 fully saturated rings. The third-order valence-corrected chi connectivity index (χ3v) is 5.82. The van der Waals surface area contributed by atoms with Gasteiger partial charge in [-0.3, -0.25) is 4.90 Å². The minimum absolute atomic E-state index is 0.772. The van der Waals surface area contributed by atoms with Crippen molar-refractivity contribution in [3.05, 3.63) is 53.2 Å². The van der Waals surface area contributed by atoms with Gasteiger partial charge in [0.1, 0.15) is 10.8 Å². The fourth-order valence-electron chi connectivity index (χ4n) is 3.36. The number of piperazine rings is 1. The van der Waals surface area contributed by atoms with Crippen LogP contribution < -0.4 is 9.80 Å². The van der Waals surface area contributed by atoms with Gasteiger partial charge in [0.15, 0.2) is 0 Å². The van der Waals surface area contributed by atoms with Gasteiger partial charge in [0.25, 0.3) is 0 Å². The first-order valence-corrected chi connectivity index (χ1v) is 10.5.